The topological polar surface area (TPSA) is 49.3 Å². The van der Waals surface area contributed by atoms with Crippen LogP contribution in [0.2, 0.25) is 0 Å². The first-order valence-electron chi connectivity index (χ1n) is 7.19. The van der Waals surface area contributed by atoms with Crippen LogP contribution in [-0.2, 0) is 6.54 Å². The molecule has 7 heteroatoms. The highest BCUT2D eigenvalue weighted by molar-refractivity contribution is 14.0. The maximum absolute atomic E-state index is 4.62. The van der Waals surface area contributed by atoms with Crippen molar-refractivity contribution >= 4 is 53.0 Å². The van der Waals surface area contributed by atoms with Crippen LogP contribution in [0.25, 0.3) is 0 Å². The Hall–Kier alpha value is -0.0200. The minimum absolute atomic E-state index is 0. The molecular formula is C14H25IN4S2. The van der Waals surface area contributed by atoms with E-state index < -0.39 is 0 Å². The van der Waals surface area contributed by atoms with Gasteiger partial charge in [0, 0.05) is 30.1 Å². The third-order valence-electron chi connectivity index (χ3n) is 3.25. The fraction of sp³-hybridized carbons (Fsp3) is 0.714. The molecule has 0 saturated carbocycles. The molecule has 1 atom stereocenters. The molecule has 2 heterocycles. The molecule has 1 saturated heterocycles. The molecule has 0 spiro atoms. The van der Waals surface area contributed by atoms with Crippen molar-refractivity contribution in [3.63, 3.8) is 0 Å². The number of halogens is 1. The van der Waals surface area contributed by atoms with Gasteiger partial charge >= 0.3 is 0 Å². The zero-order chi connectivity index (χ0) is 14.4. The average molecular weight is 440 g/mol. The molecule has 1 aromatic rings. The molecule has 0 bridgehead atoms. The Morgan fingerprint density at radius 2 is 2.29 bits per heavy atom. The fourth-order valence-electron chi connectivity index (χ4n) is 2.08. The predicted octanol–water partition coefficient (Wildman–Crippen LogP) is 3.45. The largest absolute Gasteiger partial charge is 0.355 e. The van der Waals surface area contributed by atoms with Gasteiger partial charge in [-0.05, 0) is 18.6 Å². The lowest BCUT2D eigenvalue weighted by Gasteiger charge is -2.14. The molecule has 1 aliphatic rings. The van der Waals surface area contributed by atoms with E-state index in [1.165, 1.54) is 23.6 Å². The van der Waals surface area contributed by atoms with Crippen LogP contribution in [0.5, 0.6) is 0 Å². The van der Waals surface area contributed by atoms with Crippen molar-refractivity contribution in [3.05, 3.63) is 16.1 Å². The lowest BCUT2D eigenvalue weighted by molar-refractivity contribution is 0.722. The summed E-state index contributed by atoms with van der Waals surface area (Å²) in [7, 11) is 1.82. The van der Waals surface area contributed by atoms with Gasteiger partial charge in [0.15, 0.2) is 5.96 Å². The standard InChI is InChI=1S/C14H24N4S2.HI/c1-10(2)13-18-11(9-20-13)7-16-14(15-3)17-8-12-5-4-6-19-12;/h9-10,12H,4-8H2,1-3H3,(H2,15,16,17);1H. The molecule has 4 nitrogen and oxygen atoms in total. The molecule has 120 valence electrons. The van der Waals surface area contributed by atoms with E-state index in [0.717, 1.165) is 30.0 Å². The zero-order valence-electron chi connectivity index (χ0n) is 12.9. The van der Waals surface area contributed by atoms with Crippen LogP contribution in [0, 0.1) is 0 Å². The Labute approximate surface area is 153 Å². The van der Waals surface area contributed by atoms with Gasteiger partial charge in [0.1, 0.15) is 0 Å². The zero-order valence-corrected chi connectivity index (χ0v) is 16.9. The summed E-state index contributed by atoms with van der Waals surface area (Å²) in [6.45, 7) is 6.09. The number of rotatable bonds is 5. The van der Waals surface area contributed by atoms with Crippen molar-refractivity contribution in [2.45, 2.75) is 44.4 Å². The first-order valence-corrected chi connectivity index (χ1v) is 9.12. The Bertz CT molecular complexity index is 442. The van der Waals surface area contributed by atoms with Gasteiger partial charge in [0.25, 0.3) is 0 Å². The molecule has 21 heavy (non-hydrogen) atoms. The number of hydrogen-bond donors (Lipinski definition) is 2. The molecule has 1 unspecified atom stereocenters. The molecular weight excluding hydrogens is 415 g/mol. The molecule has 0 aliphatic carbocycles. The highest BCUT2D eigenvalue weighted by Gasteiger charge is 2.15. The number of aliphatic imine (C=N–C) groups is 1. The van der Waals surface area contributed by atoms with Gasteiger partial charge in [-0.3, -0.25) is 4.99 Å². The van der Waals surface area contributed by atoms with E-state index in [1.807, 2.05) is 7.05 Å². The fourth-order valence-corrected chi connectivity index (χ4v) is 4.12. The number of guanidine groups is 1. The Balaban J connectivity index is 0.00000220. The Morgan fingerprint density at radius 3 is 2.86 bits per heavy atom. The minimum atomic E-state index is 0. The highest BCUT2D eigenvalue weighted by atomic mass is 127. The molecule has 1 fully saturated rings. The smallest absolute Gasteiger partial charge is 0.191 e. The number of nitrogens with zero attached hydrogens (tertiary/aromatic N) is 2. The van der Waals surface area contributed by atoms with Gasteiger partial charge < -0.3 is 10.6 Å². The van der Waals surface area contributed by atoms with Crippen LogP contribution >= 0.6 is 47.1 Å². The first kappa shape index (κ1) is 19.0. The number of thiazole rings is 1. The van der Waals surface area contributed by atoms with E-state index in [1.54, 1.807) is 11.3 Å². The second-order valence-electron chi connectivity index (χ2n) is 5.27. The average Bonchev–Trinajstić information content (AvgIpc) is 3.10. The molecule has 2 N–H and O–H groups in total. The van der Waals surface area contributed by atoms with Gasteiger partial charge in [-0.2, -0.15) is 11.8 Å². The van der Waals surface area contributed by atoms with Crippen LogP contribution in [0.15, 0.2) is 10.4 Å². The van der Waals surface area contributed by atoms with Crippen molar-refractivity contribution in [2.75, 3.05) is 19.3 Å². The van der Waals surface area contributed by atoms with Crippen LogP contribution in [-0.4, -0.2) is 35.5 Å². The van der Waals surface area contributed by atoms with Gasteiger partial charge in [-0.1, -0.05) is 13.8 Å². The van der Waals surface area contributed by atoms with Crippen LogP contribution in [0.1, 0.15) is 43.3 Å². The summed E-state index contributed by atoms with van der Waals surface area (Å²) in [5.74, 6) is 2.68. The monoisotopic (exact) mass is 440 g/mol. The van der Waals surface area contributed by atoms with Gasteiger partial charge in [-0.25, -0.2) is 4.98 Å². The van der Waals surface area contributed by atoms with E-state index in [4.69, 9.17) is 0 Å². The lowest BCUT2D eigenvalue weighted by atomic mass is 10.2. The van der Waals surface area contributed by atoms with Gasteiger partial charge in [0.05, 0.1) is 17.2 Å². The Kier molecular flexibility index (Phi) is 8.96. The summed E-state index contributed by atoms with van der Waals surface area (Å²) in [5.41, 5.74) is 1.09. The van der Waals surface area contributed by atoms with Crippen molar-refractivity contribution in [2.24, 2.45) is 4.99 Å². The van der Waals surface area contributed by atoms with Crippen molar-refractivity contribution in [3.8, 4) is 0 Å². The summed E-state index contributed by atoms with van der Waals surface area (Å²) in [4.78, 5) is 8.89. The molecule has 0 amide bonds. The second kappa shape index (κ2) is 9.89. The third-order valence-corrected chi connectivity index (χ3v) is 5.84. The van der Waals surface area contributed by atoms with E-state index >= 15 is 0 Å². The highest BCUT2D eigenvalue weighted by Crippen LogP contribution is 2.25. The first-order chi connectivity index (χ1) is 9.69. The summed E-state index contributed by atoms with van der Waals surface area (Å²) < 4.78 is 0. The summed E-state index contributed by atoms with van der Waals surface area (Å²) >= 11 is 3.80. The maximum atomic E-state index is 4.62. The third kappa shape index (κ3) is 6.32. The summed E-state index contributed by atoms with van der Waals surface area (Å²) in [6, 6.07) is 0. The van der Waals surface area contributed by atoms with Gasteiger partial charge in [-0.15, -0.1) is 35.3 Å². The normalized spacial score (nSPS) is 18.7. The number of aromatic nitrogens is 1. The molecule has 1 aromatic heterocycles. The van der Waals surface area contributed by atoms with Crippen molar-refractivity contribution in [1.82, 2.24) is 15.6 Å². The molecule has 1 aliphatic heterocycles. The lowest BCUT2D eigenvalue weighted by Crippen LogP contribution is -2.39. The van der Waals surface area contributed by atoms with Crippen LogP contribution < -0.4 is 10.6 Å². The quantitative estimate of drug-likeness (QED) is 0.419. The van der Waals surface area contributed by atoms with E-state index in [0.29, 0.717) is 5.92 Å². The number of thioether (sulfide) groups is 1. The van der Waals surface area contributed by atoms with E-state index in [2.05, 4.69) is 51.6 Å². The molecule has 2 rings (SSSR count). The van der Waals surface area contributed by atoms with Crippen LogP contribution in [0.4, 0.5) is 0 Å². The van der Waals surface area contributed by atoms with Crippen LogP contribution in [0.3, 0.4) is 0 Å². The molecule has 0 radical (unpaired) electrons. The number of nitrogens with one attached hydrogen (secondary N) is 2. The Morgan fingerprint density at radius 1 is 1.48 bits per heavy atom. The van der Waals surface area contributed by atoms with Gasteiger partial charge in [0.2, 0.25) is 0 Å². The predicted molar refractivity (Wildman–Crippen MR) is 105 cm³/mol. The van der Waals surface area contributed by atoms with Crippen molar-refractivity contribution < 1.29 is 0 Å². The van der Waals surface area contributed by atoms with E-state index in [-0.39, 0.29) is 24.0 Å². The van der Waals surface area contributed by atoms with E-state index in [9.17, 15) is 0 Å². The SMILES string of the molecule is CN=C(NCc1csc(C(C)C)n1)NCC1CCCS1.I. The second-order valence-corrected chi connectivity index (χ2v) is 7.57. The minimum Gasteiger partial charge on any atom is -0.355 e. The summed E-state index contributed by atoms with van der Waals surface area (Å²) in [6.07, 6.45) is 2.67. The maximum Gasteiger partial charge on any atom is 0.191 e. The molecule has 0 aromatic carbocycles. The summed E-state index contributed by atoms with van der Waals surface area (Å²) in [5, 5.41) is 10.8. The number of hydrogen-bond acceptors (Lipinski definition) is 4. The van der Waals surface area contributed by atoms with Crippen molar-refractivity contribution in [1.29, 1.82) is 0 Å².